The highest BCUT2D eigenvalue weighted by Crippen LogP contribution is 2.28. The first-order valence-electron chi connectivity index (χ1n) is 6.48. The average molecular weight is 257 g/mol. The van der Waals surface area contributed by atoms with E-state index in [2.05, 4.69) is 0 Å². The summed E-state index contributed by atoms with van der Waals surface area (Å²) in [5, 5.41) is 0. The van der Waals surface area contributed by atoms with E-state index in [9.17, 15) is 9.59 Å². The van der Waals surface area contributed by atoms with Crippen LogP contribution in [0.5, 0.6) is 0 Å². The van der Waals surface area contributed by atoms with E-state index in [-0.39, 0.29) is 24.5 Å². The van der Waals surface area contributed by atoms with Gasteiger partial charge in [-0.05, 0) is 40.5 Å². The zero-order valence-corrected chi connectivity index (χ0v) is 11.7. The fourth-order valence-electron chi connectivity index (χ4n) is 1.57. The largest absolute Gasteiger partial charge is 0.466 e. The van der Waals surface area contributed by atoms with Gasteiger partial charge in [-0.1, -0.05) is 0 Å². The number of carbonyl (C=O) groups is 2. The van der Waals surface area contributed by atoms with E-state index in [1.165, 1.54) is 0 Å². The molecular formula is C13H23NO4. The van der Waals surface area contributed by atoms with Gasteiger partial charge >= 0.3 is 12.1 Å². The van der Waals surface area contributed by atoms with Crippen LogP contribution in [0.3, 0.4) is 0 Å². The summed E-state index contributed by atoms with van der Waals surface area (Å²) in [6, 6.07) is 0.231. The van der Waals surface area contributed by atoms with Crippen LogP contribution in [-0.4, -0.2) is 41.8 Å². The summed E-state index contributed by atoms with van der Waals surface area (Å²) >= 11 is 0. The summed E-state index contributed by atoms with van der Waals surface area (Å²) in [6.07, 6.45) is 1.86. The fourth-order valence-corrected chi connectivity index (χ4v) is 1.57. The molecule has 0 N–H and O–H groups in total. The van der Waals surface area contributed by atoms with Gasteiger partial charge in [-0.2, -0.15) is 0 Å². The van der Waals surface area contributed by atoms with Crippen LogP contribution in [0.25, 0.3) is 0 Å². The van der Waals surface area contributed by atoms with Gasteiger partial charge in [-0.25, -0.2) is 4.79 Å². The molecule has 5 nitrogen and oxygen atoms in total. The summed E-state index contributed by atoms with van der Waals surface area (Å²) in [4.78, 5) is 24.9. The van der Waals surface area contributed by atoms with Gasteiger partial charge in [0.1, 0.15) is 5.60 Å². The van der Waals surface area contributed by atoms with E-state index in [4.69, 9.17) is 9.47 Å². The lowest BCUT2D eigenvalue weighted by molar-refractivity contribution is -0.143. The number of esters is 1. The van der Waals surface area contributed by atoms with Gasteiger partial charge in [0.2, 0.25) is 0 Å². The molecule has 0 saturated heterocycles. The molecular weight excluding hydrogens is 234 g/mol. The zero-order valence-electron chi connectivity index (χ0n) is 11.7. The van der Waals surface area contributed by atoms with E-state index < -0.39 is 5.60 Å². The third-order valence-electron chi connectivity index (χ3n) is 2.48. The maximum absolute atomic E-state index is 12.0. The molecule has 18 heavy (non-hydrogen) atoms. The van der Waals surface area contributed by atoms with Crippen LogP contribution in [-0.2, 0) is 14.3 Å². The predicted molar refractivity (Wildman–Crippen MR) is 67.2 cm³/mol. The summed E-state index contributed by atoms with van der Waals surface area (Å²) in [6.45, 7) is 8.02. The molecule has 0 atom stereocenters. The standard InChI is InChI=1S/C13H23NO4/c1-5-17-11(15)8-9-14(10-6-7-10)12(16)18-13(2,3)4/h10H,5-9H2,1-4H3. The molecule has 0 radical (unpaired) electrons. The lowest BCUT2D eigenvalue weighted by Gasteiger charge is -2.27. The number of carbonyl (C=O) groups excluding carboxylic acids is 2. The first-order valence-corrected chi connectivity index (χ1v) is 6.48. The van der Waals surface area contributed by atoms with Crippen molar-refractivity contribution in [3.8, 4) is 0 Å². The first-order chi connectivity index (χ1) is 8.33. The van der Waals surface area contributed by atoms with Crippen molar-refractivity contribution in [3.63, 3.8) is 0 Å². The molecule has 1 fully saturated rings. The Morgan fingerprint density at radius 2 is 1.89 bits per heavy atom. The van der Waals surface area contributed by atoms with Gasteiger partial charge in [0, 0.05) is 12.6 Å². The van der Waals surface area contributed by atoms with E-state index in [1.54, 1.807) is 11.8 Å². The number of hydrogen-bond acceptors (Lipinski definition) is 4. The Morgan fingerprint density at radius 1 is 1.28 bits per heavy atom. The minimum Gasteiger partial charge on any atom is -0.466 e. The van der Waals surface area contributed by atoms with Crippen LogP contribution < -0.4 is 0 Å². The summed E-state index contributed by atoms with van der Waals surface area (Å²) in [5.41, 5.74) is -0.506. The van der Waals surface area contributed by atoms with Crippen molar-refractivity contribution in [1.29, 1.82) is 0 Å². The van der Waals surface area contributed by atoms with Gasteiger partial charge in [0.15, 0.2) is 0 Å². The molecule has 1 aliphatic carbocycles. The third kappa shape index (κ3) is 5.38. The molecule has 1 amide bonds. The van der Waals surface area contributed by atoms with Crippen molar-refractivity contribution in [2.75, 3.05) is 13.2 Å². The quantitative estimate of drug-likeness (QED) is 0.709. The van der Waals surface area contributed by atoms with Crippen LogP contribution in [0.4, 0.5) is 4.79 Å². The van der Waals surface area contributed by atoms with Crippen molar-refractivity contribution in [2.24, 2.45) is 0 Å². The van der Waals surface area contributed by atoms with Crippen LogP contribution in [0.2, 0.25) is 0 Å². The zero-order chi connectivity index (χ0) is 13.8. The van der Waals surface area contributed by atoms with Crippen LogP contribution in [0.15, 0.2) is 0 Å². The van der Waals surface area contributed by atoms with E-state index >= 15 is 0 Å². The minimum atomic E-state index is -0.506. The normalized spacial score (nSPS) is 15.1. The van der Waals surface area contributed by atoms with Crippen molar-refractivity contribution in [1.82, 2.24) is 4.90 Å². The van der Waals surface area contributed by atoms with Gasteiger partial charge in [-0.15, -0.1) is 0 Å². The van der Waals surface area contributed by atoms with Gasteiger partial charge in [0.05, 0.1) is 13.0 Å². The second-order valence-corrected chi connectivity index (χ2v) is 5.46. The smallest absolute Gasteiger partial charge is 0.410 e. The van der Waals surface area contributed by atoms with Crippen molar-refractivity contribution in [3.05, 3.63) is 0 Å². The first kappa shape index (κ1) is 14.8. The van der Waals surface area contributed by atoms with E-state index in [0.717, 1.165) is 12.8 Å². The average Bonchev–Trinajstić information content (AvgIpc) is 2.99. The number of rotatable bonds is 5. The maximum Gasteiger partial charge on any atom is 0.410 e. The molecule has 5 heteroatoms. The molecule has 1 aliphatic rings. The highest BCUT2D eigenvalue weighted by Gasteiger charge is 2.35. The second kappa shape index (κ2) is 6.07. The fraction of sp³-hybridized carbons (Fsp3) is 0.846. The molecule has 0 aliphatic heterocycles. The van der Waals surface area contributed by atoms with E-state index in [1.807, 2.05) is 20.8 Å². The molecule has 0 unspecified atom stereocenters. The van der Waals surface area contributed by atoms with Gasteiger partial charge < -0.3 is 14.4 Å². The molecule has 1 saturated carbocycles. The number of amides is 1. The molecule has 0 heterocycles. The SMILES string of the molecule is CCOC(=O)CCN(C(=O)OC(C)(C)C)C1CC1. The van der Waals surface area contributed by atoms with Crippen molar-refractivity contribution in [2.45, 2.75) is 58.6 Å². The summed E-state index contributed by atoms with van der Waals surface area (Å²) in [7, 11) is 0. The molecule has 0 spiro atoms. The monoisotopic (exact) mass is 257 g/mol. The Hall–Kier alpha value is -1.26. The van der Waals surface area contributed by atoms with E-state index in [0.29, 0.717) is 13.2 Å². The number of ether oxygens (including phenoxy) is 2. The van der Waals surface area contributed by atoms with Gasteiger partial charge in [0.25, 0.3) is 0 Å². The molecule has 0 aromatic rings. The topological polar surface area (TPSA) is 55.8 Å². The lowest BCUT2D eigenvalue weighted by atomic mass is 10.2. The second-order valence-electron chi connectivity index (χ2n) is 5.46. The third-order valence-corrected chi connectivity index (χ3v) is 2.48. The Balaban J connectivity index is 2.45. The highest BCUT2D eigenvalue weighted by atomic mass is 16.6. The maximum atomic E-state index is 12.0. The van der Waals surface area contributed by atoms with Crippen molar-refractivity contribution < 1.29 is 19.1 Å². The van der Waals surface area contributed by atoms with Crippen molar-refractivity contribution >= 4 is 12.1 Å². The Bertz CT molecular complexity index is 305. The number of hydrogen-bond donors (Lipinski definition) is 0. The van der Waals surface area contributed by atoms with Crippen LogP contribution in [0, 0.1) is 0 Å². The molecule has 0 bridgehead atoms. The Morgan fingerprint density at radius 3 is 2.33 bits per heavy atom. The Labute approximate surface area is 108 Å². The van der Waals surface area contributed by atoms with Gasteiger partial charge in [-0.3, -0.25) is 4.79 Å². The van der Waals surface area contributed by atoms with Crippen LogP contribution in [0.1, 0.15) is 47.0 Å². The molecule has 0 aromatic carbocycles. The molecule has 1 rings (SSSR count). The highest BCUT2D eigenvalue weighted by molar-refractivity contribution is 5.72. The van der Waals surface area contributed by atoms with Crippen LogP contribution >= 0.6 is 0 Å². The Kier molecular flexibility index (Phi) is 4.99. The lowest BCUT2D eigenvalue weighted by Crippen LogP contribution is -2.39. The summed E-state index contributed by atoms with van der Waals surface area (Å²) in [5.74, 6) is -0.272. The predicted octanol–water partition coefficient (Wildman–Crippen LogP) is 2.34. The molecule has 104 valence electrons. The molecule has 0 aromatic heterocycles. The number of nitrogens with zero attached hydrogens (tertiary/aromatic N) is 1. The summed E-state index contributed by atoms with van der Waals surface area (Å²) < 4.78 is 10.2. The minimum absolute atomic E-state index is 0.226.